The smallest absolute Gasteiger partial charge is 0.252 e. The number of nitrogens with one attached hydrogen (secondary N) is 1. The lowest BCUT2D eigenvalue weighted by Crippen LogP contribution is -2.31. The number of carbonyl (C=O) groups is 1. The molecule has 2 saturated carbocycles. The zero-order valence-corrected chi connectivity index (χ0v) is 10.3. The summed E-state index contributed by atoms with van der Waals surface area (Å²) >= 11 is 0. The van der Waals surface area contributed by atoms with E-state index in [-0.39, 0.29) is 11.7 Å². The molecule has 96 valence electrons. The molecule has 0 aliphatic heterocycles. The standard InChI is InChI=1S/C14H18N2O2/c17-12-5-11(6-15-7-12)14(18)16-8-13(9-1-2-9)10-3-4-10/h5-7,9-10,13,17H,1-4,8H2,(H,16,18). The fraction of sp³-hybridized carbons (Fsp3) is 0.571. The molecule has 0 radical (unpaired) electrons. The summed E-state index contributed by atoms with van der Waals surface area (Å²) in [6, 6.07) is 1.45. The fourth-order valence-corrected chi connectivity index (χ4v) is 2.63. The Labute approximate surface area is 106 Å². The molecular weight excluding hydrogens is 228 g/mol. The highest BCUT2D eigenvalue weighted by molar-refractivity contribution is 5.94. The molecule has 1 aromatic heterocycles. The molecule has 3 rings (SSSR count). The van der Waals surface area contributed by atoms with Crippen LogP contribution >= 0.6 is 0 Å². The maximum absolute atomic E-state index is 11.9. The average molecular weight is 246 g/mol. The highest BCUT2D eigenvalue weighted by atomic mass is 16.3. The molecule has 2 aliphatic rings. The van der Waals surface area contributed by atoms with Gasteiger partial charge in [-0.15, -0.1) is 0 Å². The van der Waals surface area contributed by atoms with Crippen LogP contribution < -0.4 is 5.32 Å². The quantitative estimate of drug-likeness (QED) is 0.834. The second kappa shape index (κ2) is 4.59. The number of hydrogen-bond acceptors (Lipinski definition) is 3. The third-order valence-corrected chi connectivity index (χ3v) is 3.94. The van der Waals surface area contributed by atoms with Gasteiger partial charge in [-0.25, -0.2) is 0 Å². The van der Waals surface area contributed by atoms with Crippen molar-refractivity contribution in [1.29, 1.82) is 0 Å². The Bertz CT molecular complexity index is 441. The van der Waals surface area contributed by atoms with E-state index in [2.05, 4.69) is 10.3 Å². The van der Waals surface area contributed by atoms with E-state index in [1.807, 2.05) is 0 Å². The number of nitrogens with zero attached hydrogens (tertiary/aromatic N) is 1. The second-order valence-corrected chi connectivity index (χ2v) is 5.48. The summed E-state index contributed by atoms with van der Waals surface area (Å²) in [5.41, 5.74) is 0.431. The van der Waals surface area contributed by atoms with Crippen molar-refractivity contribution in [2.24, 2.45) is 17.8 Å². The van der Waals surface area contributed by atoms with Crippen LogP contribution in [-0.2, 0) is 0 Å². The number of hydrogen-bond donors (Lipinski definition) is 2. The van der Waals surface area contributed by atoms with E-state index >= 15 is 0 Å². The minimum absolute atomic E-state index is 0.0311. The molecule has 0 bridgehead atoms. The lowest BCUT2D eigenvalue weighted by molar-refractivity contribution is 0.0942. The van der Waals surface area contributed by atoms with Crippen LogP contribution in [0, 0.1) is 17.8 Å². The SMILES string of the molecule is O=C(NCC(C1CC1)C1CC1)c1cncc(O)c1. The van der Waals surface area contributed by atoms with Crippen LogP contribution in [0.25, 0.3) is 0 Å². The van der Waals surface area contributed by atoms with Gasteiger partial charge >= 0.3 is 0 Å². The van der Waals surface area contributed by atoms with Gasteiger partial charge < -0.3 is 10.4 Å². The summed E-state index contributed by atoms with van der Waals surface area (Å²) in [4.78, 5) is 15.7. The molecule has 0 saturated heterocycles. The Hall–Kier alpha value is -1.58. The van der Waals surface area contributed by atoms with Gasteiger partial charge in [0.15, 0.2) is 0 Å². The van der Waals surface area contributed by atoms with Crippen molar-refractivity contribution in [3.63, 3.8) is 0 Å². The van der Waals surface area contributed by atoms with E-state index in [1.54, 1.807) is 0 Å². The normalized spacial score (nSPS) is 18.9. The number of rotatable bonds is 5. The first kappa shape index (κ1) is 11.5. The Morgan fingerprint density at radius 2 is 2.00 bits per heavy atom. The molecule has 18 heavy (non-hydrogen) atoms. The van der Waals surface area contributed by atoms with Crippen LogP contribution in [0.2, 0.25) is 0 Å². The van der Waals surface area contributed by atoms with Crippen LogP contribution in [0.3, 0.4) is 0 Å². The van der Waals surface area contributed by atoms with Crippen molar-refractivity contribution in [1.82, 2.24) is 10.3 Å². The third kappa shape index (κ3) is 2.63. The molecule has 2 N–H and O–H groups in total. The molecule has 1 heterocycles. The molecule has 0 aromatic carbocycles. The van der Waals surface area contributed by atoms with Gasteiger partial charge in [0.25, 0.3) is 5.91 Å². The summed E-state index contributed by atoms with van der Waals surface area (Å²) in [5, 5.41) is 12.3. The largest absolute Gasteiger partial charge is 0.506 e. The molecule has 0 spiro atoms. The molecule has 1 amide bonds. The van der Waals surface area contributed by atoms with Gasteiger partial charge in [0.05, 0.1) is 11.8 Å². The van der Waals surface area contributed by atoms with Crippen molar-refractivity contribution < 1.29 is 9.90 Å². The van der Waals surface area contributed by atoms with Crippen molar-refractivity contribution in [3.8, 4) is 5.75 Å². The second-order valence-electron chi connectivity index (χ2n) is 5.48. The predicted octanol–water partition coefficient (Wildman–Crippen LogP) is 1.95. The minimum atomic E-state index is -0.135. The van der Waals surface area contributed by atoms with Crippen molar-refractivity contribution in [2.75, 3.05) is 6.54 Å². The summed E-state index contributed by atoms with van der Waals surface area (Å²) in [7, 11) is 0. The van der Waals surface area contributed by atoms with E-state index in [0.29, 0.717) is 11.5 Å². The molecule has 2 fully saturated rings. The van der Waals surface area contributed by atoms with Crippen LogP contribution in [0.15, 0.2) is 18.5 Å². The van der Waals surface area contributed by atoms with E-state index in [1.165, 1.54) is 44.1 Å². The Morgan fingerprint density at radius 1 is 1.33 bits per heavy atom. The Morgan fingerprint density at radius 3 is 2.56 bits per heavy atom. The van der Waals surface area contributed by atoms with E-state index in [0.717, 1.165) is 18.4 Å². The summed E-state index contributed by atoms with van der Waals surface area (Å²) in [5.74, 6) is 2.23. The van der Waals surface area contributed by atoms with Crippen molar-refractivity contribution >= 4 is 5.91 Å². The van der Waals surface area contributed by atoms with Gasteiger partial charge in [0.1, 0.15) is 5.75 Å². The molecule has 0 unspecified atom stereocenters. The van der Waals surface area contributed by atoms with Gasteiger partial charge in [-0.1, -0.05) is 0 Å². The Kier molecular flexibility index (Phi) is 2.94. The molecular formula is C14H18N2O2. The molecule has 4 heteroatoms. The monoisotopic (exact) mass is 246 g/mol. The molecule has 0 atom stereocenters. The highest BCUT2D eigenvalue weighted by Crippen LogP contribution is 2.48. The maximum atomic E-state index is 11.9. The van der Waals surface area contributed by atoms with E-state index < -0.39 is 0 Å². The zero-order chi connectivity index (χ0) is 12.5. The molecule has 4 nitrogen and oxygen atoms in total. The van der Waals surface area contributed by atoms with Crippen LogP contribution in [0.1, 0.15) is 36.0 Å². The first-order valence-electron chi connectivity index (χ1n) is 6.66. The number of pyridine rings is 1. The van der Waals surface area contributed by atoms with Crippen molar-refractivity contribution in [3.05, 3.63) is 24.0 Å². The number of aromatic nitrogens is 1. The molecule has 2 aliphatic carbocycles. The van der Waals surface area contributed by atoms with Crippen LogP contribution in [0.4, 0.5) is 0 Å². The topological polar surface area (TPSA) is 62.2 Å². The van der Waals surface area contributed by atoms with Gasteiger partial charge in [0.2, 0.25) is 0 Å². The minimum Gasteiger partial charge on any atom is -0.506 e. The number of carbonyl (C=O) groups excluding carboxylic acids is 1. The third-order valence-electron chi connectivity index (χ3n) is 3.94. The number of amides is 1. The lowest BCUT2D eigenvalue weighted by Gasteiger charge is -2.16. The summed E-state index contributed by atoms with van der Waals surface area (Å²) in [6.45, 7) is 0.768. The number of aromatic hydroxyl groups is 1. The summed E-state index contributed by atoms with van der Waals surface area (Å²) < 4.78 is 0. The Balaban J connectivity index is 1.57. The fourth-order valence-electron chi connectivity index (χ4n) is 2.63. The van der Waals surface area contributed by atoms with Gasteiger partial charge in [0, 0.05) is 12.7 Å². The van der Waals surface area contributed by atoms with E-state index in [4.69, 9.17) is 0 Å². The maximum Gasteiger partial charge on any atom is 0.252 e. The summed E-state index contributed by atoms with van der Waals surface area (Å²) in [6.07, 6.45) is 8.11. The predicted molar refractivity (Wildman–Crippen MR) is 67.2 cm³/mol. The molecule has 1 aromatic rings. The van der Waals surface area contributed by atoms with E-state index in [9.17, 15) is 9.90 Å². The van der Waals surface area contributed by atoms with Crippen LogP contribution in [0.5, 0.6) is 5.75 Å². The van der Waals surface area contributed by atoms with Gasteiger partial charge in [-0.05, 0) is 49.5 Å². The lowest BCUT2D eigenvalue weighted by atomic mass is 9.98. The van der Waals surface area contributed by atoms with Crippen molar-refractivity contribution in [2.45, 2.75) is 25.7 Å². The van der Waals surface area contributed by atoms with Gasteiger partial charge in [-0.3, -0.25) is 9.78 Å². The van der Waals surface area contributed by atoms with Gasteiger partial charge in [-0.2, -0.15) is 0 Å². The average Bonchev–Trinajstić information content (AvgIpc) is 3.23. The zero-order valence-electron chi connectivity index (χ0n) is 10.3. The highest BCUT2D eigenvalue weighted by Gasteiger charge is 2.41. The first-order valence-corrected chi connectivity index (χ1v) is 6.66. The first-order chi connectivity index (χ1) is 8.74. The van der Waals surface area contributed by atoms with Crippen LogP contribution in [-0.4, -0.2) is 22.5 Å².